The monoisotopic (exact) mass is 300 g/mol. The molecule has 1 aromatic heterocycles. The third-order valence-corrected chi connectivity index (χ3v) is 2.77. The number of methoxy groups -OCH3 is 1. The van der Waals surface area contributed by atoms with Gasteiger partial charge in [-0.05, 0) is 32.9 Å². The number of ether oxygens (including phenoxy) is 1. The Bertz CT molecular complexity index is 665. The minimum Gasteiger partial charge on any atom is -0.465 e. The van der Waals surface area contributed by atoms with Gasteiger partial charge >= 0.3 is 5.97 Å². The molecule has 0 saturated heterocycles. The number of para-hydroxylation sites is 1. The molecule has 0 aliphatic heterocycles. The third kappa shape index (κ3) is 4.18. The normalized spacial score (nSPS) is 10.9. The fourth-order valence-electron chi connectivity index (χ4n) is 1.90. The molecule has 2 rings (SSSR count). The molecule has 6 heteroatoms. The molecule has 0 amide bonds. The zero-order valence-corrected chi connectivity index (χ0v) is 13.2. The smallest absolute Gasteiger partial charge is 0.339 e. The van der Waals surface area contributed by atoms with Gasteiger partial charge in [-0.1, -0.05) is 12.1 Å². The van der Waals surface area contributed by atoms with Crippen LogP contribution in [0.2, 0.25) is 0 Å². The number of aromatic nitrogens is 2. The summed E-state index contributed by atoms with van der Waals surface area (Å²) in [6, 6.07) is 8.91. The Labute approximate surface area is 129 Å². The van der Waals surface area contributed by atoms with Gasteiger partial charge in [0.25, 0.3) is 0 Å². The molecule has 0 saturated carbocycles. The lowest BCUT2D eigenvalue weighted by Crippen LogP contribution is -2.26. The van der Waals surface area contributed by atoms with E-state index in [1.165, 1.54) is 13.4 Å². The lowest BCUT2D eigenvalue weighted by atomic mass is 10.1. The van der Waals surface area contributed by atoms with E-state index in [4.69, 9.17) is 4.74 Å². The number of hydrogen-bond acceptors (Lipinski definition) is 6. The maximum atomic E-state index is 11.8. The van der Waals surface area contributed by atoms with Crippen LogP contribution in [-0.4, -0.2) is 28.6 Å². The van der Waals surface area contributed by atoms with Gasteiger partial charge < -0.3 is 15.4 Å². The van der Waals surface area contributed by atoms with Crippen LogP contribution >= 0.6 is 0 Å². The van der Waals surface area contributed by atoms with Gasteiger partial charge in [-0.15, -0.1) is 0 Å². The van der Waals surface area contributed by atoms with Crippen molar-refractivity contribution in [1.29, 1.82) is 0 Å². The fraction of sp³-hybridized carbons (Fsp3) is 0.312. The van der Waals surface area contributed by atoms with E-state index in [0.29, 0.717) is 22.9 Å². The first kappa shape index (κ1) is 15.8. The standard InChI is InChI=1S/C16H20N4O2/c1-16(2,3)20-14-9-13(17-10-18-14)19-12-8-6-5-7-11(12)15(21)22-4/h5-10H,1-4H3,(H2,17,18,19,20). The van der Waals surface area contributed by atoms with Crippen LogP contribution in [0.5, 0.6) is 0 Å². The van der Waals surface area contributed by atoms with Crippen LogP contribution in [-0.2, 0) is 4.74 Å². The Morgan fingerprint density at radius 3 is 2.50 bits per heavy atom. The van der Waals surface area contributed by atoms with Crippen LogP contribution in [0.1, 0.15) is 31.1 Å². The van der Waals surface area contributed by atoms with Crippen LogP contribution in [0.25, 0.3) is 0 Å². The third-order valence-electron chi connectivity index (χ3n) is 2.77. The van der Waals surface area contributed by atoms with Gasteiger partial charge in [0.2, 0.25) is 0 Å². The van der Waals surface area contributed by atoms with Gasteiger partial charge in [0.1, 0.15) is 18.0 Å². The Kier molecular flexibility index (Phi) is 4.60. The summed E-state index contributed by atoms with van der Waals surface area (Å²) in [5, 5.41) is 6.40. The molecule has 0 bridgehead atoms. The van der Waals surface area contributed by atoms with Crippen LogP contribution in [0.15, 0.2) is 36.7 Å². The molecule has 2 N–H and O–H groups in total. The van der Waals surface area contributed by atoms with E-state index >= 15 is 0 Å². The number of rotatable bonds is 4. The highest BCUT2D eigenvalue weighted by molar-refractivity contribution is 5.96. The molecule has 0 atom stereocenters. The number of nitrogens with one attached hydrogen (secondary N) is 2. The Morgan fingerprint density at radius 2 is 1.82 bits per heavy atom. The second-order valence-corrected chi connectivity index (χ2v) is 5.83. The molecule has 1 heterocycles. The van der Waals surface area contributed by atoms with E-state index in [9.17, 15) is 4.79 Å². The largest absolute Gasteiger partial charge is 0.465 e. The van der Waals surface area contributed by atoms with E-state index in [1.807, 2.05) is 6.07 Å². The molecule has 0 aliphatic carbocycles. The SMILES string of the molecule is COC(=O)c1ccccc1Nc1cc(NC(C)(C)C)ncn1. The zero-order valence-electron chi connectivity index (χ0n) is 13.2. The van der Waals surface area contributed by atoms with Crippen molar-refractivity contribution in [1.82, 2.24) is 9.97 Å². The molecule has 116 valence electrons. The zero-order chi connectivity index (χ0) is 16.2. The van der Waals surface area contributed by atoms with Crippen molar-refractivity contribution in [3.05, 3.63) is 42.2 Å². The summed E-state index contributed by atoms with van der Waals surface area (Å²) in [6.45, 7) is 6.15. The highest BCUT2D eigenvalue weighted by atomic mass is 16.5. The quantitative estimate of drug-likeness (QED) is 0.844. The molecule has 0 radical (unpaired) electrons. The summed E-state index contributed by atoms with van der Waals surface area (Å²) in [4.78, 5) is 20.1. The Morgan fingerprint density at radius 1 is 1.14 bits per heavy atom. The summed E-state index contributed by atoms with van der Waals surface area (Å²) in [5.74, 6) is 0.906. The molecule has 0 aliphatic rings. The van der Waals surface area contributed by atoms with Crippen molar-refractivity contribution in [2.75, 3.05) is 17.7 Å². The summed E-state index contributed by atoms with van der Waals surface area (Å²) in [7, 11) is 1.36. The van der Waals surface area contributed by atoms with E-state index in [-0.39, 0.29) is 5.54 Å². The van der Waals surface area contributed by atoms with Gasteiger partial charge in [0.15, 0.2) is 0 Å². The first-order valence-corrected chi connectivity index (χ1v) is 6.93. The predicted octanol–water partition coefficient (Wildman–Crippen LogP) is 3.22. The molecule has 0 unspecified atom stereocenters. The summed E-state index contributed by atoms with van der Waals surface area (Å²) < 4.78 is 4.78. The molecule has 2 aromatic rings. The number of anilines is 3. The van der Waals surface area contributed by atoms with Crippen molar-refractivity contribution in [3.8, 4) is 0 Å². The van der Waals surface area contributed by atoms with Gasteiger partial charge in [0.05, 0.1) is 18.4 Å². The molecule has 6 nitrogen and oxygen atoms in total. The van der Waals surface area contributed by atoms with Crippen LogP contribution in [0.4, 0.5) is 17.3 Å². The lowest BCUT2D eigenvalue weighted by molar-refractivity contribution is 0.0602. The van der Waals surface area contributed by atoms with Gasteiger partial charge in [-0.2, -0.15) is 0 Å². The number of nitrogens with zero attached hydrogens (tertiary/aromatic N) is 2. The molecule has 0 spiro atoms. The van der Waals surface area contributed by atoms with Crippen LogP contribution in [0, 0.1) is 0 Å². The number of carbonyl (C=O) groups excluding carboxylic acids is 1. The second-order valence-electron chi connectivity index (χ2n) is 5.83. The maximum absolute atomic E-state index is 11.8. The topological polar surface area (TPSA) is 76.1 Å². The summed E-state index contributed by atoms with van der Waals surface area (Å²) in [6.07, 6.45) is 1.47. The van der Waals surface area contributed by atoms with E-state index in [2.05, 4.69) is 41.4 Å². The molecular formula is C16H20N4O2. The minimum absolute atomic E-state index is 0.102. The highest BCUT2D eigenvalue weighted by Gasteiger charge is 2.13. The first-order valence-electron chi connectivity index (χ1n) is 6.93. The van der Waals surface area contributed by atoms with E-state index < -0.39 is 5.97 Å². The molecule has 0 fully saturated rings. The van der Waals surface area contributed by atoms with Crippen LogP contribution in [0.3, 0.4) is 0 Å². The first-order chi connectivity index (χ1) is 10.4. The average Bonchev–Trinajstić information content (AvgIpc) is 2.45. The van der Waals surface area contributed by atoms with Crippen molar-refractivity contribution in [2.45, 2.75) is 26.3 Å². The predicted molar refractivity (Wildman–Crippen MR) is 86.5 cm³/mol. The molecular weight excluding hydrogens is 280 g/mol. The van der Waals surface area contributed by atoms with Gasteiger partial charge in [-0.3, -0.25) is 0 Å². The number of carbonyl (C=O) groups is 1. The second kappa shape index (κ2) is 6.43. The lowest BCUT2D eigenvalue weighted by Gasteiger charge is -2.21. The number of benzene rings is 1. The highest BCUT2D eigenvalue weighted by Crippen LogP contribution is 2.22. The molecule has 1 aromatic carbocycles. The van der Waals surface area contributed by atoms with Gasteiger partial charge in [-0.25, -0.2) is 14.8 Å². The van der Waals surface area contributed by atoms with Crippen molar-refractivity contribution >= 4 is 23.3 Å². The van der Waals surface area contributed by atoms with Crippen LogP contribution < -0.4 is 10.6 Å². The van der Waals surface area contributed by atoms with Crippen molar-refractivity contribution in [2.24, 2.45) is 0 Å². The number of hydrogen-bond donors (Lipinski definition) is 2. The summed E-state index contributed by atoms with van der Waals surface area (Å²) >= 11 is 0. The van der Waals surface area contributed by atoms with E-state index in [0.717, 1.165) is 0 Å². The fourth-order valence-corrected chi connectivity index (χ4v) is 1.90. The molecule has 22 heavy (non-hydrogen) atoms. The Balaban J connectivity index is 2.25. The summed E-state index contributed by atoms with van der Waals surface area (Å²) in [5.41, 5.74) is 0.985. The van der Waals surface area contributed by atoms with Gasteiger partial charge in [0, 0.05) is 11.6 Å². The maximum Gasteiger partial charge on any atom is 0.339 e. The minimum atomic E-state index is -0.398. The van der Waals surface area contributed by atoms with Crippen molar-refractivity contribution < 1.29 is 9.53 Å². The van der Waals surface area contributed by atoms with Crippen molar-refractivity contribution in [3.63, 3.8) is 0 Å². The number of esters is 1. The average molecular weight is 300 g/mol. The Hall–Kier alpha value is -2.63. The van der Waals surface area contributed by atoms with E-state index in [1.54, 1.807) is 24.3 Å².